The lowest BCUT2D eigenvalue weighted by molar-refractivity contribution is -0.139. The first kappa shape index (κ1) is 30.4. The second-order valence-corrected chi connectivity index (χ2v) is 12.2. The van der Waals surface area contributed by atoms with Gasteiger partial charge in [0.15, 0.2) is 0 Å². The fourth-order valence-electron chi connectivity index (χ4n) is 4.17. The summed E-state index contributed by atoms with van der Waals surface area (Å²) in [5.41, 5.74) is 2.05. The molecule has 0 saturated carbocycles. The molecule has 0 spiro atoms. The van der Waals surface area contributed by atoms with Gasteiger partial charge in [0.25, 0.3) is 10.0 Å². The molecule has 0 unspecified atom stereocenters. The van der Waals surface area contributed by atoms with Gasteiger partial charge in [-0.25, -0.2) is 8.42 Å². The minimum Gasteiger partial charge on any atom is -0.352 e. The Bertz CT molecular complexity index is 1380. The minimum absolute atomic E-state index is 0.0610. The summed E-state index contributed by atoms with van der Waals surface area (Å²) in [5, 5.41) is 2.95. The Hall–Kier alpha value is -3.17. The predicted molar refractivity (Wildman–Crippen MR) is 159 cm³/mol. The van der Waals surface area contributed by atoms with E-state index in [1.54, 1.807) is 37.3 Å². The molecule has 0 aliphatic carbocycles. The van der Waals surface area contributed by atoms with Crippen molar-refractivity contribution in [2.75, 3.05) is 10.8 Å². The molecule has 3 rings (SSSR count). The molecule has 3 aromatic carbocycles. The molecule has 0 fully saturated rings. The molecule has 3 aromatic rings. The Balaban J connectivity index is 2.05. The first-order valence-electron chi connectivity index (χ1n) is 13.1. The summed E-state index contributed by atoms with van der Waals surface area (Å²) >= 11 is 3.47. The van der Waals surface area contributed by atoms with Gasteiger partial charge in [0.1, 0.15) is 12.6 Å². The van der Waals surface area contributed by atoms with E-state index in [1.165, 1.54) is 17.0 Å². The normalized spacial score (nSPS) is 12.8. The highest BCUT2D eigenvalue weighted by molar-refractivity contribution is 9.10. The van der Waals surface area contributed by atoms with Crippen molar-refractivity contribution in [2.45, 2.75) is 64.1 Å². The summed E-state index contributed by atoms with van der Waals surface area (Å²) in [6, 6.07) is 21.9. The third-order valence-corrected chi connectivity index (χ3v) is 8.93. The fourth-order valence-corrected chi connectivity index (χ4v) is 6.09. The number of sulfonamides is 1. The van der Waals surface area contributed by atoms with E-state index < -0.39 is 28.5 Å². The molecule has 0 aliphatic heterocycles. The Morgan fingerprint density at radius 3 is 2.23 bits per heavy atom. The second kappa shape index (κ2) is 13.8. The average molecular weight is 615 g/mol. The SMILES string of the molecule is CCc1ccccc1N(CC(=O)N(Cc1cccc(Br)c1)[C@@H](C)C(=O)N[C@H](C)CC)S(=O)(=O)c1ccccc1. The maximum atomic E-state index is 14.0. The van der Waals surface area contributed by atoms with Gasteiger partial charge in [-0.15, -0.1) is 0 Å². The largest absolute Gasteiger partial charge is 0.352 e. The number of aryl methyl sites for hydroxylation is 1. The Kier molecular flexibility index (Phi) is 10.7. The van der Waals surface area contributed by atoms with Crippen LogP contribution in [0.2, 0.25) is 0 Å². The smallest absolute Gasteiger partial charge is 0.264 e. The molecule has 9 heteroatoms. The Morgan fingerprint density at radius 1 is 0.923 bits per heavy atom. The molecule has 2 amide bonds. The van der Waals surface area contributed by atoms with Crippen LogP contribution >= 0.6 is 15.9 Å². The molecular weight excluding hydrogens is 578 g/mol. The minimum atomic E-state index is -4.09. The van der Waals surface area contributed by atoms with Gasteiger partial charge in [-0.1, -0.05) is 78.3 Å². The van der Waals surface area contributed by atoms with Crippen molar-refractivity contribution < 1.29 is 18.0 Å². The lowest BCUT2D eigenvalue weighted by Crippen LogP contribution is -2.52. The van der Waals surface area contributed by atoms with Crippen LogP contribution in [0.25, 0.3) is 0 Å². The van der Waals surface area contributed by atoms with E-state index in [4.69, 9.17) is 0 Å². The number of carbonyl (C=O) groups is 2. The van der Waals surface area contributed by atoms with Gasteiger partial charge in [-0.3, -0.25) is 13.9 Å². The van der Waals surface area contributed by atoms with Crippen LogP contribution in [0, 0.1) is 0 Å². The zero-order chi connectivity index (χ0) is 28.6. The summed E-state index contributed by atoms with van der Waals surface area (Å²) in [7, 11) is -4.09. The molecule has 0 aliphatic rings. The third kappa shape index (κ3) is 7.70. The van der Waals surface area contributed by atoms with Crippen LogP contribution in [0.15, 0.2) is 88.2 Å². The average Bonchev–Trinajstić information content (AvgIpc) is 2.94. The molecule has 39 heavy (non-hydrogen) atoms. The summed E-state index contributed by atoms with van der Waals surface area (Å²) in [5.74, 6) is -0.772. The van der Waals surface area contributed by atoms with Crippen LogP contribution in [0.3, 0.4) is 0 Å². The topological polar surface area (TPSA) is 86.8 Å². The van der Waals surface area contributed by atoms with E-state index in [0.717, 1.165) is 26.3 Å². The molecule has 1 N–H and O–H groups in total. The lowest BCUT2D eigenvalue weighted by atomic mass is 10.1. The van der Waals surface area contributed by atoms with Crippen LogP contribution in [0.1, 0.15) is 45.2 Å². The van der Waals surface area contributed by atoms with Crippen molar-refractivity contribution in [1.29, 1.82) is 0 Å². The van der Waals surface area contributed by atoms with Gasteiger partial charge in [-0.2, -0.15) is 0 Å². The van der Waals surface area contributed by atoms with E-state index in [0.29, 0.717) is 12.1 Å². The standard InChI is InChI=1S/C30H36BrN3O4S/c1-5-22(3)32-30(36)23(4)33(20-24-13-12-15-26(31)19-24)29(35)21-34(28-18-11-10-14-25(28)6-2)39(37,38)27-16-8-7-9-17-27/h7-19,22-23H,5-6,20-21H2,1-4H3,(H,32,36)/t22-,23+/m1/s1. The van der Waals surface area contributed by atoms with Crippen LogP contribution in [0.5, 0.6) is 0 Å². The highest BCUT2D eigenvalue weighted by Gasteiger charge is 2.33. The molecule has 0 saturated heterocycles. The van der Waals surface area contributed by atoms with Crippen molar-refractivity contribution in [3.05, 3.63) is 94.5 Å². The lowest BCUT2D eigenvalue weighted by Gasteiger charge is -2.33. The van der Waals surface area contributed by atoms with Crippen LogP contribution in [0.4, 0.5) is 5.69 Å². The number of amides is 2. The molecule has 2 atom stereocenters. The number of anilines is 1. The number of rotatable bonds is 12. The number of para-hydroxylation sites is 1. The summed E-state index contributed by atoms with van der Waals surface area (Å²) in [6.07, 6.45) is 1.33. The van der Waals surface area contributed by atoms with Gasteiger partial charge in [-0.05, 0) is 68.1 Å². The van der Waals surface area contributed by atoms with Gasteiger partial charge >= 0.3 is 0 Å². The first-order valence-corrected chi connectivity index (χ1v) is 15.3. The number of hydrogen-bond donors (Lipinski definition) is 1. The predicted octanol–water partition coefficient (Wildman–Crippen LogP) is 5.54. The molecule has 0 aromatic heterocycles. The van der Waals surface area contributed by atoms with Gasteiger partial charge in [0.2, 0.25) is 11.8 Å². The number of nitrogens with one attached hydrogen (secondary N) is 1. The summed E-state index contributed by atoms with van der Waals surface area (Å²) in [4.78, 5) is 28.7. The van der Waals surface area contributed by atoms with Gasteiger partial charge < -0.3 is 10.2 Å². The molecular formula is C30H36BrN3O4S. The van der Waals surface area contributed by atoms with E-state index in [9.17, 15) is 18.0 Å². The quantitative estimate of drug-likeness (QED) is 0.291. The maximum absolute atomic E-state index is 14.0. The number of carbonyl (C=O) groups excluding carboxylic acids is 2. The van der Waals surface area contributed by atoms with Crippen LogP contribution in [-0.2, 0) is 32.6 Å². The van der Waals surface area contributed by atoms with Crippen molar-refractivity contribution in [1.82, 2.24) is 10.2 Å². The van der Waals surface area contributed by atoms with Gasteiger partial charge in [0, 0.05) is 17.1 Å². The van der Waals surface area contributed by atoms with E-state index in [2.05, 4.69) is 21.2 Å². The van der Waals surface area contributed by atoms with Crippen molar-refractivity contribution in [3.8, 4) is 0 Å². The van der Waals surface area contributed by atoms with Crippen molar-refractivity contribution in [2.24, 2.45) is 0 Å². The number of nitrogens with zero attached hydrogens (tertiary/aromatic N) is 2. The number of halogens is 1. The molecule has 0 heterocycles. The van der Waals surface area contributed by atoms with E-state index in [1.807, 2.05) is 57.2 Å². The zero-order valence-electron chi connectivity index (χ0n) is 22.8. The first-order chi connectivity index (χ1) is 18.6. The van der Waals surface area contributed by atoms with E-state index >= 15 is 0 Å². The monoisotopic (exact) mass is 613 g/mol. The highest BCUT2D eigenvalue weighted by atomic mass is 79.9. The molecule has 0 radical (unpaired) electrons. The van der Waals surface area contributed by atoms with Gasteiger partial charge in [0.05, 0.1) is 10.6 Å². The highest BCUT2D eigenvalue weighted by Crippen LogP contribution is 2.28. The Labute approximate surface area is 240 Å². The van der Waals surface area contributed by atoms with Crippen molar-refractivity contribution in [3.63, 3.8) is 0 Å². The fraction of sp³-hybridized carbons (Fsp3) is 0.333. The second-order valence-electron chi connectivity index (χ2n) is 9.45. The molecule has 208 valence electrons. The van der Waals surface area contributed by atoms with Crippen LogP contribution in [-0.4, -0.2) is 43.8 Å². The number of benzene rings is 3. The Morgan fingerprint density at radius 2 is 1.59 bits per heavy atom. The maximum Gasteiger partial charge on any atom is 0.264 e. The summed E-state index contributed by atoms with van der Waals surface area (Å²) < 4.78 is 29.8. The van der Waals surface area contributed by atoms with Crippen molar-refractivity contribution >= 4 is 43.5 Å². The third-order valence-electron chi connectivity index (χ3n) is 6.66. The van der Waals surface area contributed by atoms with Crippen LogP contribution < -0.4 is 9.62 Å². The van der Waals surface area contributed by atoms with E-state index in [-0.39, 0.29) is 23.4 Å². The summed E-state index contributed by atoms with van der Waals surface area (Å²) in [6.45, 7) is 7.17. The number of hydrogen-bond acceptors (Lipinski definition) is 4. The molecule has 7 nitrogen and oxygen atoms in total. The zero-order valence-corrected chi connectivity index (χ0v) is 25.2. The molecule has 0 bridgehead atoms.